The molecule has 1 aliphatic heterocycles. The summed E-state index contributed by atoms with van der Waals surface area (Å²) in [5.41, 5.74) is 0.159. The van der Waals surface area contributed by atoms with Gasteiger partial charge in [0.05, 0.1) is 6.61 Å². The minimum atomic E-state index is -5.16. The lowest BCUT2D eigenvalue weighted by Crippen LogP contribution is -2.51. The van der Waals surface area contributed by atoms with E-state index in [2.05, 4.69) is 34.1 Å². The van der Waals surface area contributed by atoms with Gasteiger partial charge in [0.15, 0.2) is 17.0 Å². The maximum absolute atomic E-state index is 12.3. The van der Waals surface area contributed by atoms with E-state index in [0.29, 0.717) is 18.3 Å². The van der Waals surface area contributed by atoms with Gasteiger partial charge in [0.1, 0.15) is 30.5 Å². The number of anilines is 1. The summed E-state index contributed by atoms with van der Waals surface area (Å²) in [6.07, 6.45) is -3.45. The van der Waals surface area contributed by atoms with Crippen molar-refractivity contribution >= 4 is 27.1 Å². The molecule has 12 nitrogen and oxygen atoms in total. The number of hydrogen-bond donors (Lipinski definition) is 5. The maximum Gasteiger partial charge on any atom is 0.318 e. The second-order valence-corrected chi connectivity index (χ2v) is 8.93. The van der Waals surface area contributed by atoms with Crippen molar-refractivity contribution in [3.63, 3.8) is 0 Å². The monoisotopic (exact) mass is 431 g/mol. The van der Waals surface area contributed by atoms with Crippen LogP contribution in [-0.4, -0.2) is 79.3 Å². The fourth-order valence-corrected chi connectivity index (χ4v) is 4.37. The van der Waals surface area contributed by atoms with E-state index in [1.807, 2.05) is 0 Å². The normalized spacial score (nSPS) is 27.8. The third-order valence-electron chi connectivity index (χ3n) is 4.81. The van der Waals surface area contributed by atoms with Gasteiger partial charge >= 0.3 is 15.2 Å². The zero-order chi connectivity index (χ0) is 21.6. The van der Waals surface area contributed by atoms with Gasteiger partial charge in [0.25, 0.3) is 0 Å². The largest absolute Gasteiger partial charge is 0.394 e. The van der Waals surface area contributed by atoms with E-state index in [-0.39, 0.29) is 17.0 Å². The summed E-state index contributed by atoms with van der Waals surface area (Å²) >= 11 is 0. The van der Waals surface area contributed by atoms with Gasteiger partial charge in [-0.25, -0.2) is 15.0 Å². The van der Waals surface area contributed by atoms with Crippen molar-refractivity contribution in [2.75, 3.05) is 18.5 Å². The van der Waals surface area contributed by atoms with Crippen LogP contribution in [0.2, 0.25) is 0 Å². The molecule has 0 bridgehead atoms. The predicted molar refractivity (Wildman–Crippen MR) is 101 cm³/mol. The number of aliphatic hydroxyl groups excluding tert-OH is 3. The molecular formula is C16H25N5O7S. The van der Waals surface area contributed by atoms with Crippen molar-refractivity contribution in [2.45, 2.75) is 50.6 Å². The van der Waals surface area contributed by atoms with Gasteiger partial charge < -0.3 is 25.4 Å². The van der Waals surface area contributed by atoms with Crippen molar-refractivity contribution < 1.29 is 33.0 Å². The summed E-state index contributed by atoms with van der Waals surface area (Å²) in [5.74, 6) is 1.08. The van der Waals surface area contributed by atoms with Gasteiger partial charge in [0.2, 0.25) is 0 Å². The van der Waals surface area contributed by atoms with Gasteiger partial charge in [-0.05, 0) is 19.3 Å². The number of rotatable bonds is 7. The number of ether oxygens (including phenoxy) is 1. The third kappa shape index (κ3) is 3.58. The number of hydrogen-bond acceptors (Lipinski definition) is 10. The highest BCUT2D eigenvalue weighted by Crippen LogP contribution is 2.41. The van der Waals surface area contributed by atoms with E-state index in [1.54, 1.807) is 6.92 Å². The van der Waals surface area contributed by atoms with Gasteiger partial charge in [-0.1, -0.05) is 13.8 Å². The first-order valence-corrected chi connectivity index (χ1v) is 10.5. The first-order chi connectivity index (χ1) is 13.5. The molecule has 0 saturated carbocycles. The Bertz CT molecular complexity index is 995. The summed E-state index contributed by atoms with van der Waals surface area (Å²) in [4.78, 5) is 12.6. The highest BCUT2D eigenvalue weighted by molar-refractivity contribution is 7.86. The standard InChI is InChI=1S/C16H25N5O7S/c1-8(2)4-5-17-14-11-15(20-9(3)19-14)21(7-18-11)16(29(25,26)27)13(24)12(23)10(6-22)28-16/h7-8,10,12-13,22-24H,4-6H2,1-3H3,(H,17,19,20)(H,25,26,27)/t10-,12-,13-,16+/m1/s1. The van der Waals surface area contributed by atoms with E-state index in [0.717, 1.165) is 17.3 Å². The summed E-state index contributed by atoms with van der Waals surface area (Å²) in [7, 11) is -5.16. The molecule has 2 aromatic heterocycles. The zero-order valence-corrected chi connectivity index (χ0v) is 17.0. The summed E-state index contributed by atoms with van der Waals surface area (Å²) in [6.45, 7) is 5.52. The van der Waals surface area contributed by atoms with Crippen molar-refractivity contribution in [3.05, 3.63) is 12.2 Å². The van der Waals surface area contributed by atoms with Crippen LogP contribution in [-0.2, 0) is 19.9 Å². The quantitative estimate of drug-likeness (QED) is 0.346. The molecule has 29 heavy (non-hydrogen) atoms. The number of nitrogens with one attached hydrogen (secondary N) is 1. The van der Waals surface area contributed by atoms with Crippen LogP contribution in [0.25, 0.3) is 11.2 Å². The summed E-state index contributed by atoms with van der Waals surface area (Å²) in [5, 5.41) is 30.3. The molecule has 0 unspecified atom stereocenters. The Morgan fingerprint density at radius 1 is 1.34 bits per heavy atom. The predicted octanol–water partition coefficient (Wildman–Crippen LogP) is -0.796. The molecule has 5 N–H and O–H groups in total. The van der Waals surface area contributed by atoms with Crippen LogP contribution in [0.4, 0.5) is 5.82 Å². The number of aliphatic hydroxyl groups is 3. The minimum Gasteiger partial charge on any atom is -0.394 e. The van der Waals surface area contributed by atoms with Crippen LogP contribution in [0.1, 0.15) is 26.1 Å². The second kappa shape index (κ2) is 7.74. The zero-order valence-electron chi connectivity index (χ0n) is 16.2. The van der Waals surface area contributed by atoms with Crippen molar-refractivity contribution in [1.82, 2.24) is 19.5 Å². The SMILES string of the molecule is Cc1nc(NCCC(C)C)c2ncn([C@]3(S(=O)(=O)O)O[C@H](CO)[C@@H](O)[C@H]3O)c2n1. The lowest BCUT2D eigenvalue weighted by atomic mass is 10.1. The van der Waals surface area contributed by atoms with E-state index in [4.69, 9.17) is 4.74 Å². The lowest BCUT2D eigenvalue weighted by Gasteiger charge is -2.30. The Labute approximate surface area is 167 Å². The fourth-order valence-electron chi connectivity index (χ4n) is 3.30. The smallest absolute Gasteiger partial charge is 0.318 e. The van der Waals surface area contributed by atoms with Crippen LogP contribution in [0, 0.1) is 12.8 Å². The molecule has 0 aliphatic carbocycles. The summed E-state index contributed by atoms with van der Waals surface area (Å²) < 4.78 is 40.7. The molecular weight excluding hydrogens is 406 g/mol. The molecule has 0 radical (unpaired) electrons. The lowest BCUT2D eigenvalue weighted by molar-refractivity contribution is -0.0887. The van der Waals surface area contributed by atoms with Crippen LogP contribution >= 0.6 is 0 Å². The maximum atomic E-state index is 12.3. The molecule has 13 heteroatoms. The highest BCUT2D eigenvalue weighted by atomic mass is 32.2. The minimum absolute atomic E-state index is 0.0352. The Balaban J connectivity index is 2.16. The fraction of sp³-hybridized carbons (Fsp3) is 0.688. The number of aryl methyl sites for hydroxylation is 1. The molecule has 0 spiro atoms. The Morgan fingerprint density at radius 2 is 2.03 bits per heavy atom. The molecule has 0 aromatic carbocycles. The van der Waals surface area contributed by atoms with Crippen molar-refractivity contribution in [3.8, 4) is 0 Å². The Kier molecular flexibility index (Phi) is 5.82. The summed E-state index contributed by atoms with van der Waals surface area (Å²) in [6, 6.07) is 0. The Morgan fingerprint density at radius 3 is 2.59 bits per heavy atom. The number of fused-ring (bicyclic) bond motifs is 1. The van der Waals surface area contributed by atoms with E-state index in [1.165, 1.54) is 0 Å². The van der Waals surface area contributed by atoms with Crippen LogP contribution < -0.4 is 5.32 Å². The molecule has 4 atom stereocenters. The van der Waals surface area contributed by atoms with E-state index < -0.39 is 40.1 Å². The van der Waals surface area contributed by atoms with Crippen molar-refractivity contribution in [1.29, 1.82) is 0 Å². The molecule has 1 aliphatic rings. The number of aromatic nitrogens is 4. The van der Waals surface area contributed by atoms with E-state index in [9.17, 15) is 28.3 Å². The van der Waals surface area contributed by atoms with Gasteiger partial charge in [0, 0.05) is 6.54 Å². The molecule has 162 valence electrons. The van der Waals surface area contributed by atoms with Gasteiger partial charge in [-0.2, -0.15) is 8.42 Å². The first kappa shape index (κ1) is 21.8. The average Bonchev–Trinajstić information content (AvgIpc) is 3.14. The Hall–Kier alpha value is -1.90. The number of nitrogens with zero attached hydrogens (tertiary/aromatic N) is 4. The van der Waals surface area contributed by atoms with E-state index >= 15 is 0 Å². The van der Waals surface area contributed by atoms with Gasteiger partial charge in [-0.3, -0.25) is 9.12 Å². The topological polar surface area (TPSA) is 180 Å². The molecule has 1 fully saturated rings. The molecule has 3 heterocycles. The van der Waals surface area contributed by atoms with Crippen LogP contribution in [0.15, 0.2) is 6.33 Å². The second-order valence-electron chi connectivity index (χ2n) is 7.40. The third-order valence-corrected chi connectivity index (χ3v) is 6.08. The molecule has 0 amide bonds. The van der Waals surface area contributed by atoms with Crippen molar-refractivity contribution in [2.24, 2.45) is 5.92 Å². The average molecular weight is 431 g/mol. The van der Waals surface area contributed by atoms with Crippen LogP contribution in [0.5, 0.6) is 0 Å². The van der Waals surface area contributed by atoms with Gasteiger partial charge in [-0.15, -0.1) is 0 Å². The first-order valence-electron chi connectivity index (χ1n) is 9.10. The molecule has 1 saturated heterocycles. The molecule has 3 rings (SSSR count). The highest BCUT2D eigenvalue weighted by Gasteiger charge is 2.64. The molecule has 2 aromatic rings. The van der Waals surface area contributed by atoms with Crippen LogP contribution in [0.3, 0.4) is 0 Å². The number of imidazole rings is 1.